The number of aromatic hydroxyl groups is 2. The Labute approximate surface area is 164 Å². The zero-order valence-corrected chi connectivity index (χ0v) is 15.5. The second-order valence-electron chi connectivity index (χ2n) is 5.78. The van der Waals surface area contributed by atoms with Crippen LogP contribution in [0.5, 0.6) is 11.5 Å². The van der Waals surface area contributed by atoms with E-state index in [-0.39, 0.29) is 38.7 Å². The van der Waals surface area contributed by atoms with Crippen molar-refractivity contribution in [1.82, 2.24) is 0 Å². The standard InChI is InChI=1S/C19H14Cl2N2O4/c1-9-18(22-10-2-4-14(24)12(20)6-10)16(26)8-17(27)19(9)23-11-3-5-15(25)13(21)7-11/h2-8,22,24-25,27H,1H3. The fourth-order valence-corrected chi connectivity index (χ4v) is 2.84. The molecule has 6 nitrogen and oxygen atoms in total. The van der Waals surface area contributed by atoms with Gasteiger partial charge in [-0.05, 0) is 43.3 Å². The first-order chi connectivity index (χ1) is 12.8. The number of nitrogens with zero attached hydrogens (tertiary/aromatic N) is 1. The van der Waals surface area contributed by atoms with Crippen molar-refractivity contribution in [1.29, 1.82) is 0 Å². The number of phenolic OH excluding ortho intramolecular Hbond substituents is 2. The van der Waals surface area contributed by atoms with Crippen molar-refractivity contribution in [2.75, 3.05) is 5.32 Å². The number of rotatable bonds is 3. The predicted molar refractivity (Wildman–Crippen MR) is 105 cm³/mol. The van der Waals surface area contributed by atoms with Crippen LogP contribution in [0.3, 0.4) is 0 Å². The largest absolute Gasteiger partial charge is 0.506 e. The number of halogens is 2. The van der Waals surface area contributed by atoms with E-state index in [9.17, 15) is 20.1 Å². The van der Waals surface area contributed by atoms with Crippen molar-refractivity contribution < 1.29 is 20.1 Å². The number of carbonyl (C=O) groups excluding carboxylic acids is 1. The third-order valence-electron chi connectivity index (χ3n) is 3.88. The Kier molecular flexibility index (Phi) is 5.12. The Morgan fingerprint density at radius 1 is 0.963 bits per heavy atom. The molecule has 4 N–H and O–H groups in total. The molecule has 0 saturated carbocycles. The summed E-state index contributed by atoms with van der Waals surface area (Å²) in [4.78, 5) is 16.6. The number of benzene rings is 2. The fraction of sp³-hybridized carbons (Fsp3) is 0.0526. The fourth-order valence-electron chi connectivity index (χ4n) is 2.48. The maximum atomic E-state index is 12.3. The van der Waals surface area contributed by atoms with Crippen molar-refractivity contribution >= 4 is 46.1 Å². The number of allylic oxidation sites excluding steroid dienone is 2. The van der Waals surface area contributed by atoms with Crippen LogP contribution >= 0.6 is 23.2 Å². The van der Waals surface area contributed by atoms with Gasteiger partial charge in [-0.2, -0.15) is 0 Å². The summed E-state index contributed by atoms with van der Waals surface area (Å²) in [7, 11) is 0. The minimum absolute atomic E-state index is 0.0770. The molecular weight excluding hydrogens is 391 g/mol. The van der Waals surface area contributed by atoms with Crippen LogP contribution in [0.4, 0.5) is 11.4 Å². The maximum absolute atomic E-state index is 12.3. The second kappa shape index (κ2) is 7.34. The van der Waals surface area contributed by atoms with Crippen LogP contribution in [0, 0.1) is 0 Å². The third-order valence-corrected chi connectivity index (χ3v) is 4.48. The van der Waals surface area contributed by atoms with Gasteiger partial charge in [-0.25, -0.2) is 4.99 Å². The van der Waals surface area contributed by atoms with Crippen molar-refractivity contribution in [2.24, 2.45) is 4.99 Å². The molecule has 2 aromatic rings. The molecule has 0 bridgehead atoms. The van der Waals surface area contributed by atoms with Gasteiger partial charge in [0.05, 0.1) is 21.4 Å². The highest BCUT2D eigenvalue weighted by Gasteiger charge is 2.24. The van der Waals surface area contributed by atoms with E-state index in [2.05, 4.69) is 10.3 Å². The number of aliphatic hydroxyl groups is 1. The highest BCUT2D eigenvalue weighted by Crippen LogP contribution is 2.31. The summed E-state index contributed by atoms with van der Waals surface area (Å²) in [6, 6.07) is 8.77. The molecule has 138 valence electrons. The first-order valence-corrected chi connectivity index (χ1v) is 8.51. The van der Waals surface area contributed by atoms with Gasteiger partial charge in [0, 0.05) is 17.3 Å². The van der Waals surface area contributed by atoms with E-state index in [1.54, 1.807) is 13.0 Å². The van der Waals surface area contributed by atoms with Gasteiger partial charge in [0.15, 0.2) is 0 Å². The maximum Gasteiger partial charge on any atom is 0.206 e. The number of aliphatic hydroxyl groups excluding tert-OH is 1. The lowest BCUT2D eigenvalue weighted by molar-refractivity contribution is -0.111. The van der Waals surface area contributed by atoms with E-state index in [0.29, 0.717) is 16.9 Å². The topological polar surface area (TPSA) is 102 Å². The van der Waals surface area contributed by atoms with Crippen LogP contribution in [0.1, 0.15) is 6.92 Å². The van der Waals surface area contributed by atoms with Crippen LogP contribution in [0.15, 0.2) is 64.5 Å². The van der Waals surface area contributed by atoms with Gasteiger partial charge in [-0.1, -0.05) is 23.2 Å². The van der Waals surface area contributed by atoms with Crippen LogP contribution in [-0.4, -0.2) is 26.8 Å². The van der Waals surface area contributed by atoms with Gasteiger partial charge >= 0.3 is 0 Å². The molecule has 0 spiro atoms. The number of aliphatic imine (C=N–C) groups is 1. The Morgan fingerprint density at radius 3 is 2.22 bits per heavy atom. The van der Waals surface area contributed by atoms with Gasteiger partial charge in [0.25, 0.3) is 0 Å². The molecule has 0 fully saturated rings. The quantitative estimate of drug-likeness (QED) is 0.430. The van der Waals surface area contributed by atoms with Gasteiger partial charge in [-0.15, -0.1) is 0 Å². The summed E-state index contributed by atoms with van der Waals surface area (Å²) in [5.41, 5.74) is 1.69. The van der Waals surface area contributed by atoms with Crippen molar-refractivity contribution in [3.8, 4) is 11.5 Å². The van der Waals surface area contributed by atoms with Crippen LogP contribution < -0.4 is 5.32 Å². The average molecular weight is 405 g/mol. The Morgan fingerprint density at radius 2 is 1.59 bits per heavy atom. The zero-order chi connectivity index (χ0) is 19.7. The highest BCUT2D eigenvalue weighted by molar-refractivity contribution is 6.32. The summed E-state index contributed by atoms with van der Waals surface area (Å²) in [5.74, 6) is -0.877. The van der Waals surface area contributed by atoms with Crippen molar-refractivity contribution in [2.45, 2.75) is 6.92 Å². The number of phenols is 2. The van der Waals surface area contributed by atoms with Crippen molar-refractivity contribution in [3.05, 3.63) is 69.5 Å². The number of hydrogen-bond acceptors (Lipinski definition) is 6. The lowest BCUT2D eigenvalue weighted by Crippen LogP contribution is -2.22. The summed E-state index contributed by atoms with van der Waals surface area (Å²) >= 11 is 11.8. The Balaban J connectivity index is 2.02. The monoisotopic (exact) mass is 404 g/mol. The first-order valence-electron chi connectivity index (χ1n) is 7.75. The Bertz CT molecular complexity index is 1040. The SMILES string of the molecule is CC1=C(Nc2ccc(O)c(Cl)c2)C(=O)C=C(O)C1=Nc1ccc(O)c(Cl)c1. The van der Waals surface area contributed by atoms with E-state index < -0.39 is 5.78 Å². The molecule has 0 saturated heterocycles. The minimum atomic E-state index is -0.433. The number of nitrogens with one attached hydrogen (secondary N) is 1. The van der Waals surface area contributed by atoms with Crippen LogP contribution in [-0.2, 0) is 4.79 Å². The van der Waals surface area contributed by atoms with Gasteiger partial charge in [0.2, 0.25) is 5.78 Å². The van der Waals surface area contributed by atoms with Gasteiger partial charge in [-0.3, -0.25) is 4.79 Å². The average Bonchev–Trinajstić information content (AvgIpc) is 2.61. The van der Waals surface area contributed by atoms with E-state index in [0.717, 1.165) is 6.08 Å². The molecular formula is C19H14Cl2N2O4. The molecule has 0 unspecified atom stereocenters. The van der Waals surface area contributed by atoms with E-state index in [4.69, 9.17) is 23.2 Å². The van der Waals surface area contributed by atoms with Crippen LogP contribution in [0.25, 0.3) is 0 Å². The smallest absolute Gasteiger partial charge is 0.206 e. The lowest BCUT2D eigenvalue weighted by Gasteiger charge is -2.18. The predicted octanol–water partition coefficient (Wildman–Crippen LogP) is 4.89. The summed E-state index contributed by atoms with van der Waals surface area (Å²) in [6.45, 7) is 1.63. The third kappa shape index (κ3) is 3.92. The number of hydrogen-bond donors (Lipinski definition) is 4. The molecule has 1 aliphatic rings. The minimum Gasteiger partial charge on any atom is -0.506 e. The normalized spacial score (nSPS) is 15.9. The zero-order valence-electron chi connectivity index (χ0n) is 14.0. The second-order valence-corrected chi connectivity index (χ2v) is 6.60. The highest BCUT2D eigenvalue weighted by atomic mass is 35.5. The number of ketones is 1. The molecule has 0 heterocycles. The molecule has 0 radical (unpaired) electrons. The molecule has 1 aliphatic carbocycles. The van der Waals surface area contributed by atoms with Crippen molar-refractivity contribution in [3.63, 3.8) is 0 Å². The molecule has 2 aromatic carbocycles. The molecule has 27 heavy (non-hydrogen) atoms. The summed E-state index contributed by atoms with van der Waals surface area (Å²) in [5, 5.41) is 32.4. The van der Waals surface area contributed by atoms with Gasteiger partial charge in [0.1, 0.15) is 23.0 Å². The van der Waals surface area contributed by atoms with Gasteiger partial charge < -0.3 is 20.6 Å². The molecule has 0 aliphatic heterocycles. The number of anilines is 1. The lowest BCUT2D eigenvalue weighted by atomic mass is 9.98. The molecule has 0 aromatic heterocycles. The summed E-state index contributed by atoms with van der Waals surface area (Å²) in [6.07, 6.45) is 1.05. The van der Waals surface area contributed by atoms with E-state index in [1.807, 2.05) is 0 Å². The molecule has 3 rings (SSSR count). The number of carbonyl (C=O) groups is 1. The molecule has 0 atom stereocenters. The van der Waals surface area contributed by atoms with E-state index in [1.165, 1.54) is 30.3 Å². The molecule has 0 amide bonds. The van der Waals surface area contributed by atoms with Crippen LogP contribution in [0.2, 0.25) is 10.0 Å². The van der Waals surface area contributed by atoms with E-state index >= 15 is 0 Å². The first kappa shape index (κ1) is 18.8. The molecule has 8 heteroatoms. The summed E-state index contributed by atoms with van der Waals surface area (Å²) < 4.78 is 0. The Hall–Kier alpha value is -2.96.